The number of carboxylic acid groups (broad SMARTS) is 1. The molecule has 3 rings (SSSR count). The quantitative estimate of drug-likeness (QED) is 0.758. The third-order valence-corrected chi connectivity index (χ3v) is 5.33. The molecule has 1 aromatic carbocycles. The fourth-order valence-electron chi connectivity index (χ4n) is 3.25. The molecule has 2 N–H and O–H groups in total. The van der Waals surface area contributed by atoms with Gasteiger partial charge in [-0.05, 0) is 49.1 Å². The van der Waals surface area contributed by atoms with Gasteiger partial charge in [-0.1, -0.05) is 36.7 Å². The van der Waals surface area contributed by atoms with Gasteiger partial charge < -0.3 is 10.4 Å². The number of anilines is 1. The minimum Gasteiger partial charge on any atom is -0.480 e. The Labute approximate surface area is 159 Å². The molecule has 2 aromatic rings. The van der Waals surface area contributed by atoms with E-state index >= 15 is 0 Å². The van der Waals surface area contributed by atoms with Gasteiger partial charge in [-0.2, -0.15) is 0 Å². The molecular weight excluding hydrogens is 350 g/mol. The topological polar surface area (TPSA) is 65.5 Å². The summed E-state index contributed by atoms with van der Waals surface area (Å²) < 4.78 is 0. The first kappa shape index (κ1) is 18.7. The van der Waals surface area contributed by atoms with Gasteiger partial charge in [0.25, 0.3) is 0 Å². The molecule has 0 bridgehead atoms. The number of carbonyl (C=O) groups is 1. The molecule has 0 spiro atoms. The second-order valence-corrected chi connectivity index (χ2v) is 7.15. The fourth-order valence-corrected chi connectivity index (χ4v) is 3.37. The van der Waals surface area contributed by atoms with E-state index in [1.807, 2.05) is 42.2 Å². The maximum Gasteiger partial charge on any atom is 0.320 e. The van der Waals surface area contributed by atoms with Crippen LogP contribution in [0.5, 0.6) is 0 Å². The zero-order chi connectivity index (χ0) is 18.7. The van der Waals surface area contributed by atoms with Gasteiger partial charge in [0.1, 0.15) is 11.9 Å². The van der Waals surface area contributed by atoms with Gasteiger partial charge in [0.05, 0.1) is 11.7 Å². The van der Waals surface area contributed by atoms with Gasteiger partial charge in [-0.3, -0.25) is 9.69 Å². The number of benzene rings is 1. The highest BCUT2D eigenvalue weighted by Crippen LogP contribution is 2.26. The molecule has 26 heavy (non-hydrogen) atoms. The third kappa shape index (κ3) is 4.17. The van der Waals surface area contributed by atoms with E-state index in [0.717, 1.165) is 35.1 Å². The van der Waals surface area contributed by atoms with Crippen molar-refractivity contribution in [3.8, 4) is 0 Å². The van der Waals surface area contributed by atoms with Gasteiger partial charge in [0.2, 0.25) is 0 Å². The molecule has 0 saturated carbocycles. The number of rotatable bonds is 7. The molecule has 1 aliphatic heterocycles. The molecule has 138 valence electrons. The highest BCUT2D eigenvalue weighted by Gasteiger charge is 2.33. The first-order chi connectivity index (χ1) is 12.5. The second-order valence-electron chi connectivity index (χ2n) is 6.74. The molecule has 0 aliphatic carbocycles. The lowest BCUT2D eigenvalue weighted by atomic mass is 10.0. The van der Waals surface area contributed by atoms with Crippen molar-refractivity contribution in [3.63, 3.8) is 0 Å². The Morgan fingerprint density at radius 2 is 2.23 bits per heavy atom. The predicted octanol–water partition coefficient (Wildman–Crippen LogP) is 4.27. The van der Waals surface area contributed by atoms with Crippen LogP contribution in [0.15, 0.2) is 36.4 Å². The first-order valence-corrected chi connectivity index (χ1v) is 9.31. The van der Waals surface area contributed by atoms with E-state index in [1.165, 1.54) is 5.56 Å². The van der Waals surface area contributed by atoms with Gasteiger partial charge >= 0.3 is 5.97 Å². The summed E-state index contributed by atoms with van der Waals surface area (Å²) in [6.45, 7) is 5.49. The molecule has 6 heteroatoms. The smallest absolute Gasteiger partial charge is 0.320 e. The number of nitrogens with one attached hydrogen (secondary N) is 1. The average Bonchev–Trinajstić information content (AvgIpc) is 2.59. The molecule has 0 radical (unpaired) electrons. The van der Waals surface area contributed by atoms with Crippen LogP contribution in [0, 0.1) is 6.92 Å². The molecule has 1 fully saturated rings. The number of carboxylic acids is 1. The Morgan fingerprint density at radius 1 is 1.42 bits per heavy atom. The number of likely N-dealkylation sites (tertiary alicyclic amines) is 1. The maximum absolute atomic E-state index is 11.2. The lowest BCUT2D eigenvalue weighted by Gasteiger charge is -2.37. The van der Waals surface area contributed by atoms with Crippen LogP contribution in [0.25, 0.3) is 0 Å². The van der Waals surface area contributed by atoms with Crippen molar-refractivity contribution < 1.29 is 9.90 Å². The lowest BCUT2D eigenvalue weighted by Crippen LogP contribution is -2.51. The van der Waals surface area contributed by atoms with Gasteiger partial charge in [-0.25, -0.2) is 4.98 Å². The number of halogens is 1. The van der Waals surface area contributed by atoms with Crippen molar-refractivity contribution >= 4 is 23.4 Å². The fraction of sp³-hybridized carbons (Fsp3) is 0.400. The average molecular weight is 374 g/mol. The molecule has 1 aliphatic rings. The van der Waals surface area contributed by atoms with Crippen molar-refractivity contribution in [2.75, 3.05) is 11.9 Å². The van der Waals surface area contributed by atoms with Gasteiger partial charge in [0, 0.05) is 18.1 Å². The summed E-state index contributed by atoms with van der Waals surface area (Å²) in [5, 5.41) is 13.4. The van der Waals surface area contributed by atoms with Crippen molar-refractivity contribution in [2.45, 2.75) is 45.3 Å². The lowest BCUT2D eigenvalue weighted by molar-refractivity contribution is -0.148. The Morgan fingerprint density at radius 3 is 2.85 bits per heavy atom. The number of nitrogens with zero attached hydrogens (tertiary/aromatic N) is 2. The zero-order valence-corrected chi connectivity index (χ0v) is 15.8. The maximum atomic E-state index is 11.2. The van der Waals surface area contributed by atoms with Crippen LogP contribution in [0.2, 0.25) is 5.02 Å². The van der Waals surface area contributed by atoms with Crippen molar-refractivity contribution in [1.29, 1.82) is 0 Å². The van der Waals surface area contributed by atoms with Crippen molar-refractivity contribution in [1.82, 2.24) is 9.88 Å². The van der Waals surface area contributed by atoms with E-state index in [9.17, 15) is 9.90 Å². The summed E-state index contributed by atoms with van der Waals surface area (Å²) in [5.41, 5.74) is 3.11. The standard InChI is InChI=1S/C20H24ClN3O2/c1-3-17(14-7-8-16(21)13(2)11-14)23-19-6-4-5-15(22-19)12-24-10-9-18(24)20(25)26/h4-8,11,17-18H,3,9-10,12H2,1-2H3,(H,22,23)(H,25,26)/t17-,18?/m1/s1. The van der Waals surface area contributed by atoms with E-state index in [1.54, 1.807) is 0 Å². The summed E-state index contributed by atoms with van der Waals surface area (Å²) in [6, 6.07) is 11.7. The minimum absolute atomic E-state index is 0.143. The molecular formula is C20H24ClN3O2. The largest absolute Gasteiger partial charge is 0.480 e. The summed E-state index contributed by atoms with van der Waals surface area (Å²) in [4.78, 5) is 17.8. The number of aromatic nitrogens is 1. The summed E-state index contributed by atoms with van der Waals surface area (Å²) in [5.74, 6) is 0.0454. The highest BCUT2D eigenvalue weighted by molar-refractivity contribution is 6.31. The van der Waals surface area contributed by atoms with E-state index in [4.69, 9.17) is 11.6 Å². The number of aryl methyl sites for hydroxylation is 1. The summed E-state index contributed by atoms with van der Waals surface area (Å²) >= 11 is 6.13. The van der Waals surface area contributed by atoms with Gasteiger partial charge in [-0.15, -0.1) is 0 Å². The molecule has 1 unspecified atom stereocenters. The number of pyridine rings is 1. The Kier molecular flexibility index (Phi) is 5.79. The molecule has 2 atom stereocenters. The number of hydrogen-bond donors (Lipinski definition) is 2. The molecule has 1 aromatic heterocycles. The first-order valence-electron chi connectivity index (χ1n) is 8.93. The van der Waals surface area contributed by atoms with Crippen LogP contribution < -0.4 is 5.32 Å². The normalized spacial score (nSPS) is 18.2. The van der Waals surface area contributed by atoms with E-state index in [-0.39, 0.29) is 12.1 Å². The summed E-state index contributed by atoms with van der Waals surface area (Å²) in [7, 11) is 0. The number of hydrogen-bond acceptors (Lipinski definition) is 4. The SMILES string of the molecule is CC[C@@H](Nc1cccc(CN2CCC2C(=O)O)n1)c1ccc(Cl)c(C)c1. The van der Waals surface area contributed by atoms with E-state index < -0.39 is 5.97 Å². The van der Waals surface area contributed by atoms with E-state index in [0.29, 0.717) is 13.0 Å². The van der Waals surface area contributed by atoms with Crippen LogP contribution in [-0.4, -0.2) is 33.5 Å². The zero-order valence-electron chi connectivity index (χ0n) is 15.1. The Balaban J connectivity index is 1.70. The van der Waals surface area contributed by atoms with Crippen LogP contribution in [0.4, 0.5) is 5.82 Å². The molecule has 0 amide bonds. The van der Waals surface area contributed by atoms with Gasteiger partial charge in [0.15, 0.2) is 0 Å². The monoisotopic (exact) mass is 373 g/mol. The van der Waals surface area contributed by atoms with Crippen LogP contribution >= 0.6 is 11.6 Å². The van der Waals surface area contributed by atoms with Crippen LogP contribution in [0.3, 0.4) is 0 Å². The Bertz CT molecular complexity index is 796. The highest BCUT2D eigenvalue weighted by atomic mass is 35.5. The van der Waals surface area contributed by atoms with Crippen molar-refractivity contribution in [2.24, 2.45) is 0 Å². The van der Waals surface area contributed by atoms with Crippen LogP contribution in [0.1, 0.15) is 42.6 Å². The minimum atomic E-state index is -0.755. The van der Waals surface area contributed by atoms with Crippen LogP contribution in [-0.2, 0) is 11.3 Å². The van der Waals surface area contributed by atoms with E-state index in [2.05, 4.69) is 23.3 Å². The van der Waals surface area contributed by atoms with Crippen molar-refractivity contribution in [3.05, 3.63) is 58.2 Å². The molecule has 5 nitrogen and oxygen atoms in total. The Hall–Kier alpha value is -2.11. The third-order valence-electron chi connectivity index (χ3n) is 4.90. The number of aliphatic carboxylic acids is 1. The molecule has 1 saturated heterocycles. The summed E-state index contributed by atoms with van der Waals surface area (Å²) in [6.07, 6.45) is 1.63. The predicted molar refractivity (Wildman–Crippen MR) is 104 cm³/mol. The molecule has 2 heterocycles. The second kappa shape index (κ2) is 8.06.